The summed E-state index contributed by atoms with van der Waals surface area (Å²) >= 11 is 0. The maximum Gasteiger partial charge on any atom is 0.0967 e. The average molecular weight is 237 g/mol. The summed E-state index contributed by atoms with van der Waals surface area (Å²) in [5, 5.41) is 12.5. The lowest BCUT2D eigenvalue weighted by Gasteiger charge is -2.38. The molecule has 17 heavy (non-hydrogen) atoms. The molecular formula is C13H23N3O. The molecule has 0 aromatic heterocycles. The second kappa shape index (κ2) is 5.34. The molecule has 4 nitrogen and oxygen atoms in total. The summed E-state index contributed by atoms with van der Waals surface area (Å²) in [5.74, 6) is 0. The van der Waals surface area contributed by atoms with Gasteiger partial charge < -0.3 is 4.74 Å². The number of hydrogen-bond acceptors (Lipinski definition) is 4. The van der Waals surface area contributed by atoms with Crippen LogP contribution in [0.4, 0.5) is 0 Å². The van der Waals surface area contributed by atoms with E-state index in [1.54, 1.807) is 0 Å². The minimum absolute atomic E-state index is 0.0217. The predicted octanol–water partition coefficient (Wildman–Crippen LogP) is 1.13. The van der Waals surface area contributed by atoms with E-state index in [0.29, 0.717) is 6.04 Å². The Morgan fingerprint density at radius 3 is 2.88 bits per heavy atom. The molecule has 1 N–H and O–H groups in total. The van der Waals surface area contributed by atoms with E-state index in [4.69, 9.17) is 10.00 Å². The smallest absolute Gasteiger partial charge is 0.0967 e. The first-order valence-corrected chi connectivity index (χ1v) is 6.61. The van der Waals surface area contributed by atoms with E-state index in [9.17, 15) is 0 Å². The van der Waals surface area contributed by atoms with Gasteiger partial charge in [0.1, 0.15) is 0 Å². The van der Waals surface area contributed by atoms with Crippen LogP contribution in [0.3, 0.4) is 0 Å². The van der Waals surface area contributed by atoms with Crippen molar-refractivity contribution in [2.45, 2.75) is 50.8 Å². The van der Waals surface area contributed by atoms with Gasteiger partial charge in [-0.2, -0.15) is 5.26 Å². The highest BCUT2D eigenvalue weighted by Gasteiger charge is 2.28. The van der Waals surface area contributed by atoms with Crippen molar-refractivity contribution in [2.24, 2.45) is 0 Å². The standard InChI is InChI=1S/C13H23N3O/c1-13(2)10-16(7-8-17-13)6-5-12(9-14)15-11-3-4-11/h11-12,15H,3-8,10H2,1-2H3. The van der Waals surface area contributed by atoms with Gasteiger partial charge in [-0.1, -0.05) is 0 Å². The Morgan fingerprint density at radius 1 is 1.53 bits per heavy atom. The second-order valence-corrected chi connectivity index (χ2v) is 5.80. The number of nitrogens with one attached hydrogen (secondary N) is 1. The van der Waals surface area contributed by atoms with E-state index in [-0.39, 0.29) is 11.6 Å². The van der Waals surface area contributed by atoms with Crippen LogP contribution < -0.4 is 5.32 Å². The number of hydrogen-bond donors (Lipinski definition) is 1. The van der Waals surface area contributed by atoms with Crippen LogP contribution in [-0.4, -0.2) is 48.8 Å². The highest BCUT2D eigenvalue weighted by molar-refractivity contribution is 4.96. The number of nitrogens with zero attached hydrogens (tertiary/aromatic N) is 2. The fraction of sp³-hybridized carbons (Fsp3) is 0.923. The Balaban J connectivity index is 1.71. The molecule has 0 spiro atoms. The van der Waals surface area contributed by atoms with Gasteiger partial charge in [-0.05, 0) is 33.1 Å². The zero-order valence-electron chi connectivity index (χ0n) is 10.9. The maximum absolute atomic E-state index is 9.08. The number of rotatable bonds is 5. The molecule has 0 bridgehead atoms. The third kappa shape index (κ3) is 4.27. The zero-order chi connectivity index (χ0) is 12.3. The van der Waals surface area contributed by atoms with Crippen molar-refractivity contribution < 1.29 is 4.74 Å². The van der Waals surface area contributed by atoms with E-state index in [2.05, 4.69) is 30.1 Å². The summed E-state index contributed by atoms with van der Waals surface area (Å²) in [6, 6.07) is 3.00. The number of nitriles is 1. The molecule has 2 aliphatic rings. The SMILES string of the molecule is CC1(C)CN(CCC(C#N)NC2CC2)CCO1. The first-order valence-electron chi connectivity index (χ1n) is 6.61. The minimum Gasteiger partial charge on any atom is -0.373 e. The van der Waals surface area contributed by atoms with Crippen LogP contribution in [0.2, 0.25) is 0 Å². The van der Waals surface area contributed by atoms with Gasteiger partial charge in [0.2, 0.25) is 0 Å². The fourth-order valence-electron chi connectivity index (χ4n) is 2.34. The van der Waals surface area contributed by atoms with Gasteiger partial charge in [-0.25, -0.2) is 0 Å². The van der Waals surface area contributed by atoms with Crippen LogP contribution in [0.5, 0.6) is 0 Å². The van der Waals surface area contributed by atoms with Crippen LogP contribution in [-0.2, 0) is 4.74 Å². The Bertz CT molecular complexity index is 294. The van der Waals surface area contributed by atoms with Gasteiger partial charge in [0, 0.05) is 25.7 Å². The van der Waals surface area contributed by atoms with E-state index in [1.165, 1.54) is 12.8 Å². The second-order valence-electron chi connectivity index (χ2n) is 5.80. The fourth-order valence-corrected chi connectivity index (χ4v) is 2.34. The van der Waals surface area contributed by atoms with Crippen molar-refractivity contribution in [3.05, 3.63) is 0 Å². The Morgan fingerprint density at radius 2 is 2.29 bits per heavy atom. The van der Waals surface area contributed by atoms with E-state index in [1.807, 2.05) is 0 Å². The predicted molar refractivity (Wildman–Crippen MR) is 66.6 cm³/mol. The van der Waals surface area contributed by atoms with Gasteiger partial charge in [0.15, 0.2) is 0 Å². The molecule has 1 saturated carbocycles. The molecular weight excluding hydrogens is 214 g/mol. The van der Waals surface area contributed by atoms with E-state index < -0.39 is 0 Å². The minimum atomic E-state index is -0.0374. The van der Waals surface area contributed by atoms with Crippen molar-refractivity contribution in [3.8, 4) is 6.07 Å². The molecule has 0 aromatic rings. The molecule has 2 rings (SSSR count). The summed E-state index contributed by atoms with van der Waals surface area (Å²) < 4.78 is 5.68. The first-order chi connectivity index (χ1) is 8.09. The Hall–Kier alpha value is -0.630. The molecule has 1 aliphatic heterocycles. The highest BCUT2D eigenvalue weighted by atomic mass is 16.5. The molecule has 4 heteroatoms. The van der Waals surface area contributed by atoms with Crippen molar-refractivity contribution >= 4 is 0 Å². The molecule has 1 heterocycles. The number of ether oxygens (including phenoxy) is 1. The molecule has 2 fully saturated rings. The molecule has 0 radical (unpaired) electrons. The first kappa shape index (κ1) is 12.8. The van der Waals surface area contributed by atoms with Crippen molar-refractivity contribution in [1.82, 2.24) is 10.2 Å². The molecule has 96 valence electrons. The summed E-state index contributed by atoms with van der Waals surface area (Å²) in [6.07, 6.45) is 3.40. The Kier molecular flexibility index (Phi) is 4.03. The molecule has 0 aromatic carbocycles. The van der Waals surface area contributed by atoms with Gasteiger partial charge in [-0.15, -0.1) is 0 Å². The van der Waals surface area contributed by atoms with Crippen LogP contribution >= 0.6 is 0 Å². The van der Waals surface area contributed by atoms with Crippen LogP contribution in [0.15, 0.2) is 0 Å². The normalized spacial score (nSPS) is 26.4. The third-order valence-electron chi connectivity index (χ3n) is 3.41. The summed E-state index contributed by atoms with van der Waals surface area (Å²) in [7, 11) is 0. The van der Waals surface area contributed by atoms with E-state index in [0.717, 1.165) is 32.7 Å². The average Bonchev–Trinajstić information content (AvgIpc) is 3.06. The quantitative estimate of drug-likeness (QED) is 0.779. The van der Waals surface area contributed by atoms with Gasteiger partial charge in [-0.3, -0.25) is 10.2 Å². The topological polar surface area (TPSA) is 48.3 Å². The summed E-state index contributed by atoms with van der Waals surface area (Å²) in [6.45, 7) is 8.01. The van der Waals surface area contributed by atoms with E-state index >= 15 is 0 Å². The van der Waals surface area contributed by atoms with Crippen molar-refractivity contribution in [1.29, 1.82) is 5.26 Å². The lowest BCUT2D eigenvalue weighted by Crippen LogP contribution is -2.49. The largest absolute Gasteiger partial charge is 0.373 e. The van der Waals surface area contributed by atoms with Crippen LogP contribution in [0, 0.1) is 11.3 Å². The lowest BCUT2D eigenvalue weighted by atomic mass is 10.1. The summed E-state index contributed by atoms with van der Waals surface area (Å²) in [5.41, 5.74) is -0.0374. The molecule has 0 amide bonds. The van der Waals surface area contributed by atoms with Crippen molar-refractivity contribution in [3.63, 3.8) is 0 Å². The van der Waals surface area contributed by atoms with Gasteiger partial charge in [0.05, 0.1) is 24.3 Å². The van der Waals surface area contributed by atoms with Crippen LogP contribution in [0.1, 0.15) is 33.1 Å². The third-order valence-corrected chi connectivity index (χ3v) is 3.41. The number of morpholine rings is 1. The van der Waals surface area contributed by atoms with Gasteiger partial charge >= 0.3 is 0 Å². The zero-order valence-corrected chi connectivity index (χ0v) is 10.9. The summed E-state index contributed by atoms with van der Waals surface area (Å²) in [4.78, 5) is 2.41. The van der Waals surface area contributed by atoms with Gasteiger partial charge in [0.25, 0.3) is 0 Å². The maximum atomic E-state index is 9.08. The van der Waals surface area contributed by atoms with Crippen LogP contribution in [0.25, 0.3) is 0 Å². The highest BCUT2D eigenvalue weighted by Crippen LogP contribution is 2.20. The lowest BCUT2D eigenvalue weighted by molar-refractivity contribution is -0.0862. The molecule has 1 atom stereocenters. The van der Waals surface area contributed by atoms with Crippen molar-refractivity contribution in [2.75, 3.05) is 26.2 Å². The Labute approximate surface area is 104 Å². The monoisotopic (exact) mass is 237 g/mol. The molecule has 1 unspecified atom stereocenters. The molecule has 1 saturated heterocycles. The molecule has 1 aliphatic carbocycles.